The molecule has 1 amide bonds. The summed E-state index contributed by atoms with van der Waals surface area (Å²) in [5, 5.41) is 3.64. The van der Waals surface area contributed by atoms with Gasteiger partial charge in [-0.3, -0.25) is 4.79 Å². The van der Waals surface area contributed by atoms with Crippen LogP contribution in [-0.2, 0) is 0 Å². The largest absolute Gasteiger partial charge is 0.352 e. The summed E-state index contributed by atoms with van der Waals surface area (Å²) in [6.45, 7) is 3.04. The first kappa shape index (κ1) is 13.9. The molecule has 1 fully saturated rings. The Kier molecular flexibility index (Phi) is 4.68. The summed E-state index contributed by atoms with van der Waals surface area (Å²) >= 11 is 9.24. The Morgan fingerprint density at radius 2 is 2.28 bits per heavy atom. The van der Waals surface area contributed by atoms with Gasteiger partial charge in [0.1, 0.15) is 0 Å². The lowest BCUT2D eigenvalue weighted by Crippen LogP contribution is -2.30. The summed E-state index contributed by atoms with van der Waals surface area (Å²) in [6.07, 6.45) is 3.80. The van der Waals surface area contributed by atoms with E-state index < -0.39 is 0 Å². The maximum Gasteiger partial charge on any atom is 0.251 e. The monoisotopic (exact) mass is 329 g/mol. The molecule has 0 bridgehead atoms. The lowest BCUT2D eigenvalue weighted by atomic mass is 9.98. The highest BCUT2D eigenvalue weighted by molar-refractivity contribution is 9.10. The normalized spacial score (nSPS) is 23.1. The van der Waals surface area contributed by atoms with Crippen LogP contribution < -0.4 is 5.32 Å². The lowest BCUT2D eigenvalue weighted by Gasteiger charge is -2.16. The molecule has 1 aliphatic carbocycles. The van der Waals surface area contributed by atoms with Gasteiger partial charge in [0.05, 0.1) is 5.02 Å². The van der Waals surface area contributed by atoms with Crippen LogP contribution in [0.5, 0.6) is 0 Å². The number of halogens is 2. The van der Waals surface area contributed by atoms with Crippen LogP contribution in [0, 0.1) is 11.8 Å². The van der Waals surface area contributed by atoms with E-state index in [0.29, 0.717) is 16.5 Å². The predicted molar refractivity (Wildman–Crippen MR) is 78.0 cm³/mol. The van der Waals surface area contributed by atoms with Crippen LogP contribution in [0.4, 0.5) is 0 Å². The number of nitrogens with one attached hydrogen (secondary N) is 1. The first-order valence-electron chi connectivity index (χ1n) is 6.31. The third-order valence-corrected chi connectivity index (χ3v) is 4.96. The summed E-state index contributed by atoms with van der Waals surface area (Å²) < 4.78 is 0.756. The van der Waals surface area contributed by atoms with E-state index in [1.54, 1.807) is 18.2 Å². The Balaban J connectivity index is 1.93. The van der Waals surface area contributed by atoms with Crippen molar-refractivity contribution in [3.05, 3.63) is 33.3 Å². The molecule has 0 heterocycles. The van der Waals surface area contributed by atoms with Crippen molar-refractivity contribution in [2.24, 2.45) is 11.8 Å². The summed E-state index contributed by atoms with van der Waals surface area (Å²) in [4.78, 5) is 12.0. The van der Waals surface area contributed by atoms with Crippen molar-refractivity contribution in [1.82, 2.24) is 5.32 Å². The van der Waals surface area contributed by atoms with E-state index in [9.17, 15) is 4.79 Å². The fourth-order valence-corrected chi connectivity index (χ4v) is 2.99. The molecule has 2 atom stereocenters. The molecule has 1 aliphatic rings. The molecule has 0 aliphatic heterocycles. The van der Waals surface area contributed by atoms with Crippen molar-refractivity contribution < 1.29 is 4.79 Å². The molecule has 1 aromatic rings. The number of hydrogen-bond donors (Lipinski definition) is 1. The average Bonchev–Trinajstić information content (AvgIpc) is 2.75. The lowest BCUT2D eigenvalue weighted by molar-refractivity contribution is 0.0944. The molecule has 4 heteroatoms. The number of benzene rings is 1. The fraction of sp³-hybridized carbons (Fsp3) is 0.500. The third-order valence-electron chi connectivity index (χ3n) is 3.75. The molecular weight excluding hydrogens is 314 g/mol. The third kappa shape index (κ3) is 3.27. The minimum atomic E-state index is -0.0218. The van der Waals surface area contributed by atoms with Crippen LogP contribution in [0.3, 0.4) is 0 Å². The van der Waals surface area contributed by atoms with Gasteiger partial charge in [0.25, 0.3) is 5.91 Å². The van der Waals surface area contributed by atoms with E-state index in [2.05, 4.69) is 28.2 Å². The highest BCUT2D eigenvalue weighted by Gasteiger charge is 2.23. The summed E-state index contributed by atoms with van der Waals surface area (Å²) in [5.74, 6) is 1.33. The van der Waals surface area contributed by atoms with Crippen LogP contribution in [0.25, 0.3) is 0 Å². The number of carbonyl (C=O) groups is 1. The van der Waals surface area contributed by atoms with Gasteiger partial charge in [0, 0.05) is 16.6 Å². The molecule has 1 saturated carbocycles. The topological polar surface area (TPSA) is 29.1 Å². The molecule has 2 unspecified atom stereocenters. The van der Waals surface area contributed by atoms with E-state index in [-0.39, 0.29) is 5.91 Å². The van der Waals surface area contributed by atoms with Crippen molar-refractivity contribution in [3.8, 4) is 0 Å². The molecule has 0 aromatic heterocycles. The molecule has 1 N–H and O–H groups in total. The first-order valence-corrected chi connectivity index (χ1v) is 7.48. The summed E-state index contributed by atoms with van der Waals surface area (Å²) in [6, 6.07) is 5.25. The highest BCUT2D eigenvalue weighted by Crippen LogP contribution is 2.30. The van der Waals surface area contributed by atoms with E-state index >= 15 is 0 Å². The maximum absolute atomic E-state index is 12.0. The van der Waals surface area contributed by atoms with Crippen LogP contribution in [0.1, 0.15) is 36.5 Å². The van der Waals surface area contributed by atoms with Gasteiger partial charge in [-0.25, -0.2) is 0 Å². The van der Waals surface area contributed by atoms with Crippen molar-refractivity contribution >= 4 is 33.4 Å². The Labute approximate surface area is 121 Å². The average molecular weight is 331 g/mol. The van der Waals surface area contributed by atoms with E-state index in [4.69, 9.17) is 11.6 Å². The number of amides is 1. The molecular formula is C14H17BrClNO. The molecule has 1 aromatic carbocycles. The minimum absolute atomic E-state index is 0.0218. The smallest absolute Gasteiger partial charge is 0.251 e. The van der Waals surface area contributed by atoms with Gasteiger partial charge in [-0.15, -0.1) is 0 Å². The maximum atomic E-state index is 12.0. The molecule has 18 heavy (non-hydrogen) atoms. The Morgan fingerprint density at radius 1 is 1.50 bits per heavy atom. The molecule has 98 valence electrons. The second-order valence-electron chi connectivity index (χ2n) is 5.01. The van der Waals surface area contributed by atoms with E-state index in [0.717, 1.165) is 16.9 Å². The standard InChI is InChI=1S/C14H17BrClNO/c1-9-3-2-4-11(9)8-17-14(18)10-5-6-13(16)12(15)7-10/h5-7,9,11H,2-4,8H2,1H3,(H,17,18). The number of carbonyl (C=O) groups excluding carboxylic acids is 1. The molecule has 0 saturated heterocycles. The predicted octanol–water partition coefficient (Wildman–Crippen LogP) is 4.27. The van der Waals surface area contributed by atoms with Crippen LogP contribution in [0.2, 0.25) is 5.02 Å². The van der Waals surface area contributed by atoms with Gasteiger partial charge >= 0.3 is 0 Å². The van der Waals surface area contributed by atoms with Crippen molar-refractivity contribution in [2.75, 3.05) is 6.54 Å². The van der Waals surface area contributed by atoms with E-state index in [1.807, 2.05) is 0 Å². The first-order chi connectivity index (χ1) is 8.58. The van der Waals surface area contributed by atoms with Crippen LogP contribution in [0.15, 0.2) is 22.7 Å². The SMILES string of the molecule is CC1CCCC1CNC(=O)c1ccc(Cl)c(Br)c1. The zero-order valence-corrected chi connectivity index (χ0v) is 12.7. The zero-order chi connectivity index (χ0) is 13.1. The summed E-state index contributed by atoms with van der Waals surface area (Å²) in [7, 11) is 0. The van der Waals surface area contributed by atoms with Gasteiger partial charge in [-0.2, -0.15) is 0 Å². The van der Waals surface area contributed by atoms with Crippen molar-refractivity contribution in [1.29, 1.82) is 0 Å². The van der Waals surface area contributed by atoms with Crippen molar-refractivity contribution in [2.45, 2.75) is 26.2 Å². The minimum Gasteiger partial charge on any atom is -0.352 e. The van der Waals surface area contributed by atoms with Gasteiger partial charge in [0.15, 0.2) is 0 Å². The number of hydrogen-bond acceptors (Lipinski definition) is 1. The second-order valence-corrected chi connectivity index (χ2v) is 6.27. The molecule has 0 radical (unpaired) electrons. The summed E-state index contributed by atoms with van der Waals surface area (Å²) in [5.41, 5.74) is 0.650. The van der Waals surface area contributed by atoms with Crippen molar-refractivity contribution in [3.63, 3.8) is 0 Å². The van der Waals surface area contributed by atoms with Gasteiger partial charge < -0.3 is 5.32 Å². The second kappa shape index (κ2) is 6.07. The Bertz CT molecular complexity index is 449. The van der Waals surface area contributed by atoms with Crippen LogP contribution in [-0.4, -0.2) is 12.5 Å². The van der Waals surface area contributed by atoms with Gasteiger partial charge in [-0.1, -0.05) is 31.4 Å². The quantitative estimate of drug-likeness (QED) is 0.881. The van der Waals surface area contributed by atoms with Crippen LogP contribution >= 0.6 is 27.5 Å². The van der Waals surface area contributed by atoms with E-state index in [1.165, 1.54) is 19.3 Å². The highest BCUT2D eigenvalue weighted by atomic mass is 79.9. The molecule has 0 spiro atoms. The Morgan fingerprint density at radius 3 is 2.89 bits per heavy atom. The fourth-order valence-electron chi connectivity index (χ4n) is 2.49. The molecule has 2 nitrogen and oxygen atoms in total. The van der Waals surface area contributed by atoms with Gasteiger partial charge in [0.2, 0.25) is 0 Å². The Hall–Kier alpha value is -0.540. The van der Waals surface area contributed by atoms with Gasteiger partial charge in [-0.05, 0) is 52.4 Å². The zero-order valence-electron chi connectivity index (χ0n) is 10.4. The number of rotatable bonds is 3. The molecule has 2 rings (SSSR count).